The lowest BCUT2D eigenvalue weighted by Crippen LogP contribution is -2.29. The van der Waals surface area contributed by atoms with Crippen molar-refractivity contribution in [2.45, 2.75) is 25.1 Å². The molecule has 1 aromatic rings. The van der Waals surface area contributed by atoms with E-state index in [0.29, 0.717) is 12.8 Å². The Morgan fingerprint density at radius 3 is 2.76 bits per heavy atom. The van der Waals surface area contributed by atoms with Gasteiger partial charge in [0.1, 0.15) is 12.4 Å². The number of halogens is 3. The third-order valence-corrected chi connectivity index (χ3v) is 2.31. The highest BCUT2D eigenvalue weighted by Crippen LogP contribution is 2.14. The maximum absolute atomic E-state index is 11.8. The Morgan fingerprint density at radius 2 is 2.24 bits per heavy atom. The molecule has 0 fully saturated rings. The summed E-state index contributed by atoms with van der Waals surface area (Å²) in [5, 5.41) is 3.02. The molecule has 1 rings (SSSR count). The predicted octanol–water partition coefficient (Wildman–Crippen LogP) is 2.38. The highest BCUT2D eigenvalue weighted by molar-refractivity contribution is 5.00. The van der Waals surface area contributed by atoms with Gasteiger partial charge in [0.2, 0.25) is 0 Å². The highest BCUT2D eigenvalue weighted by Gasteiger charge is 2.27. The van der Waals surface area contributed by atoms with E-state index in [0.717, 1.165) is 5.76 Å². The van der Waals surface area contributed by atoms with E-state index in [1.165, 1.54) is 0 Å². The van der Waals surface area contributed by atoms with E-state index in [9.17, 15) is 13.2 Å². The average Bonchev–Trinajstić information content (AvgIpc) is 2.73. The largest absolute Gasteiger partial charge is 0.469 e. The summed E-state index contributed by atoms with van der Waals surface area (Å²) >= 11 is 0. The Bertz CT molecular complexity index is 298. The summed E-state index contributed by atoms with van der Waals surface area (Å²) in [6, 6.07) is 3.66. The van der Waals surface area contributed by atoms with Crippen LogP contribution in [-0.2, 0) is 11.2 Å². The zero-order valence-electron chi connectivity index (χ0n) is 9.59. The fourth-order valence-electron chi connectivity index (χ4n) is 1.43. The molecule has 0 aliphatic rings. The zero-order chi connectivity index (χ0) is 12.7. The van der Waals surface area contributed by atoms with E-state index in [-0.39, 0.29) is 12.6 Å². The molecule has 1 atom stereocenters. The summed E-state index contributed by atoms with van der Waals surface area (Å²) in [4.78, 5) is 0. The van der Waals surface area contributed by atoms with E-state index >= 15 is 0 Å². The molecule has 0 aliphatic carbocycles. The van der Waals surface area contributed by atoms with Crippen molar-refractivity contribution in [1.82, 2.24) is 5.32 Å². The van der Waals surface area contributed by atoms with E-state index in [1.54, 1.807) is 19.4 Å². The molecule has 1 unspecified atom stereocenters. The second-order valence-electron chi connectivity index (χ2n) is 3.73. The standard InChI is InChI=1S/C11H16F3NO2/c1-15-9(7-10-3-2-5-17-10)4-6-16-8-11(12,13)14/h2-3,5,9,15H,4,6-8H2,1H3. The Hall–Kier alpha value is -1.01. The SMILES string of the molecule is CNC(CCOCC(F)(F)F)Cc1ccco1. The van der Waals surface area contributed by atoms with Crippen LogP contribution in [0.4, 0.5) is 13.2 Å². The summed E-state index contributed by atoms with van der Waals surface area (Å²) < 4.78 is 45.2. The van der Waals surface area contributed by atoms with Crippen LogP contribution in [0.15, 0.2) is 22.8 Å². The molecule has 0 spiro atoms. The van der Waals surface area contributed by atoms with Crippen LogP contribution < -0.4 is 5.32 Å². The van der Waals surface area contributed by atoms with E-state index < -0.39 is 12.8 Å². The molecule has 1 aromatic heterocycles. The first-order valence-corrected chi connectivity index (χ1v) is 5.35. The Balaban J connectivity index is 2.19. The lowest BCUT2D eigenvalue weighted by atomic mass is 10.1. The van der Waals surface area contributed by atoms with Gasteiger partial charge in [-0.3, -0.25) is 0 Å². The molecular weight excluding hydrogens is 235 g/mol. The van der Waals surface area contributed by atoms with Crippen LogP contribution >= 0.6 is 0 Å². The van der Waals surface area contributed by atoms with Crippen LogP contribution in [0.25, 0.3) is 0 Å². The van der Waals surface area contributed by atoms with Gasteiger partial charge >= 0.3 is 6.18 Å². The van der Waals surface area contributed by atoms with Crippen molar-refractivity contribution < 1.29 is 22.3 Å². The van der Waals surface area contributed by atoms with E-state index in [2.05, 4.69) is 10.1 Å². The number of rotatable bonds is 7. The van der Waals surface area contributed by atoms with Crippen molar-refractivity contribution in [3.05, 3.63) is 24.2 Å². The topological polar surface area (TPSA) is 34.4 Å². The second-order valence-corrected chi connectivity index (χ2v) is 3.73. The molecule has 1 heterocycles. The van der Waals surface area contributed by atoms with Gasteiger partial charge in [-0.2, -0.15) is 13.2 Å². The van der Waals surface area contributed by atoms with Crippen LogP contribution in [0.3, 0.4) is 0 Å². The molecular formula is C11H16F3NO2. The van der Waals surface area contributed by atoms with Crippen LogP contribution in [0.1, 0.15) is 12.2 Å². The number of likely N-dealkylation sites (N-methyl/N-ethyl adjacent to an activating group) is 1. The van der Waals surface area contributed by atoms with Gasteiger partial charge in [0.05, 0.1) is 6.26 Å². The van der Waals surface area contributed by atoms with Gasteiger partial charge in [-0.15, -0.1) is 0 Å². The normalized spacial score (nSPS) is 13.9. The number of furan rings is 1. The molecule has 0 radical (unpaired) electrons. The van der Waals surface area contributed by atoms with Gasteiger partial charge in [0.15, 0.2) is 0 Å². The van der Waals surface area contributed by atoms with Crippen molar-refractivity contribution in [3.8, 4) is 0 Å². The lowest BCUT2D eigenvalue weighted by Gasteiger charge is -2.15. The maximum Gasteiger partial charge on any atom is 0.411 e. The van der Waals surface area contributed by atoms with Crippen LogP contribution in [0.5, 0.6) is 0 Å². The fraction of sp³-hybridized carbons (Fsp3) is 0.636. The zero-order valence-corrected chi connectivity index (χ0v) is 9.59. The van der Waals surface area contributed by atoms with Crippen molar-refractivity contribution in [2.24, 2.45) is 0 Å². The molecule has 1 N–H and O–H groups in total. The molecule has 0 amide bonds. The van der Waals surface area contributed by atoms with E-state index in [4.69, 9.17) is 4.42 Å². The van der Waals surface area contributed by atoms with E-state index in [1.807, 2.05) is 6.07 Å². The van der Waals surface area contributed by atoms with Crippen molar-refractivity contribution >= 4 is 0 Å². The number of alkyl halides is 3. The maximum atomic E-state index is 11.8. The van der Waals surface area contributed by atoms with Crippen LogP contribution in [0.2, 0.25) is 0 Å². The Labute approximate surface area is 97.9 Å². The third-order valence-electron chi connectivity index (χ3n) is 2.31. The van der Waals surface area contributed by atoms with Crippen molar-refractivity contribution in [2.75, 3.05) is 20.3 Å². The molecule has 17 heavy (non-hydrogen) atoms. The molecule has 0 saturated carbocycles. The average molecular weight is 251 g/mol. The third kappa shape index (κ3) is 6.33. The number of hydrogen-bond acceptors (Lipinski definition) is 3. The summed E-state index contributed by atoms with van der Waals surface area (Å²) in [7, 11) is 1.76. The summed E-state index contributed by atoms with van der Waals surface area (Å²) in [5.74, 6) is 0.806. The highest BCUT2D eigenvalue weighted by atomic mass is 19.4. The first kappa shape index (κ1) is 14.1. The number of hydrogen-bond donors (Lipinski definition) is 1. The van der Waals surface area contributed by atoms with Gasteiger partial charge < -0.3 is 14.5 Å². The number of nitrogens with one attached hydrogen (secondary N) is 1. The molecule has 98 valence electrons. The lowest BCUT2D eigenvalue weighted by molar-refractivity contribution is -0.174. The molecule has 0 saturated heterocycles. The van der Waals surface area contributed by atoms with Crippen LogP contribution in [0, 0.1) is 0 Å². The van der Waals surface area contributed by atoms with Crippen molar-refractivity contribution in [1.29, 1.82) is 0 Å². The molecule has 0 aliphatic heterocycles. The predicted molar refractivity (Wildman–Crippen MR) is 56.8 cm³/mol. The second kappa shape index (κ2) is 6.66. The smallest absolute Gasteiger partial charge is 0.411 e. The monoisotopic (exact) mass is 251 g/mol. The first-order chi connectivity index (χ1) is 8.01. The van der Waals surface area contributed by atoms with Crippen molar-refractivity contribution in [3.63, 3.8) is 0 Å². The van der Waals surface area contributed by atoms with Gasteiger partial charge in [-0.05, 0) is 25.6 Å². The van der Waals surface area contributed by atoms with Gasteiger partial charge in [-0.25, -0.2) is 0 Å². The molecule has 3 nitrogen and oxygen atoms in total. The minimum atomic E-state index is -4.25. The fourth-order valence-corrected chi connectivity index (χ4v) is 1.43. The summed E-state index contributed by atoms with van der Waals surface area (Å²) in [6.45, 7) is -1.12. The van der Waals surface area contributed by atoms with Gasteiger partial charge in [0.25, 0.3) is 0 Å². The summed E-state index contributed by atoms with van der Waals surface area (Å²) in [6.07, 6.45) is -1.54. The molecule has 0 bridgehead atoms. The Morgan fingerprint density at radius 1 is 1.47 bits per heavy atom. The van der Waals surface area contributed by atoms with Gasteiger partial charge in [-0.1, -0.05) is 0 Å². The quantitative estimate of drug-likeness (QED) is 0.755. The minimum absolute atomic E-state index is 0.0504. The Kier molecular flexibility index (Phi) is 5.50. The molecule has 6 heteroatoms. The summed E-state index contributed by atoms with van der Waals surface area (Å²) in [5.41, 5.74) is 0. The van der Waals surface area contributed by atoms with Crippen LogP contribution in [-0.4, -0.2) is 32.5 Å². The minimum Gasteiger partial charge on any atom is -0.469 e. The first-order valence-electron chi connectivity index (χ1n) is 5.35. The number of ether oxygens (including phenoxy) is 1. The van der Waals surface area contributed by atoms with Gasteiger partial charge in [0, 0.05) is 19.1 Å². The molecule has 0 aromatic carbocycles.